The van der Waals surface area contributed by atoms with Crippen LogP contribution < -0.4 is 0 Å². The molecule has 1 nitrogen and oxygen atoms in total. The van der Waals surface area contributed by atoms with E-state index >= 15 is 0 Å². The van der Waals surface area contributed by atoms with Gasteiger partial charge in [-0.15, -0.1) is 6.58 Å². The molecule has 0 spiro atoms. The molecule has 0 heterocycles. The van der Waals surface area contributed by atoms with Crippen LogP contribution in [-0.4, -0.2) is 5.78 Å². The number of hydrogen-bond donors (Lipinski definition) is 0. The van der Waals surface area contributed by atoms with Gasteiger partial charge in [0, 0.05) is 12.8 Å². The Bertz CT molecular complexity index is 330. The molecule has 0 N–H and O–H groups in total. The lowest BCUT2D eigenvalue weighted by molar-refractivity contribution is -0.117. The Morgan fingerprint density at radius 2 is 1.86 bits per heavy atom. The first-order valence-corrected chi connectivity index (χ1v) is 4.81. The summed E-state index contributed by atoms with van der Waals surface area (Å²) in [6.07, 6.45) is 2.65. The van der Waals surface area contributed by atoms with Crippen LogP contribution in [0.2, 0.25) is 0 Å². The van der Waals surface area contributed by atoms with E-state index < -0.39 is 0 Å². The number of hydrogen-bond acceptors (Lipinski definition) is 1. The highest BCUT2D eigenvalue weighted by Crippen LogP contribution is 2.10. The Morgan fingerprint density at radius 3 is 2.36 bits per heavy atom. The van der Waals surface area contributed by atoms with Gasteiger partial charge in [0.25, 0.3) is 0 Å². The van der Waals surface area contributed by atoms with Crippen LogP contribution in [0, 0.1) is 13.8 Å². The second-order valence-corrected chi connectivity index (χ2v) is 3.70. The second-order valence-electron chi connectivity index (χ2n) is 3.70. The number of allylic oxidation sites excluding steroid dienone is 1. The standard InChI is InChI=1S/C13H16O/c1-4-5-13(14)9-12-7-10(2)6-11(3)8-12/h4,6-8H,1,5,9H2,2-3H3. The van der Waals surface area contributed by atoms with E-state index in [0.717, 1.165) is 5.56 Å². The van der Waals surface area contributed by atoms with Gasteiger partial charge in [0.15, 0.2) is 0 Å². The van der Waals surface area contributed by atoms with Crippen LogP contribution >= 0.6 is 0 Å². The molecule has 1 aromatic carbocycles. The quantitative estimate of drug-likeness (QED) is 0.664. The maximum Gasteiger partial charge on any atom is 0.140 e. The molecular weight excluding hydrogens is 172 g/mol. The van der Waals surface area contributed by atoms with Crippen molar-refractivity contribution in [1.29, 1.82) is 0 Å². The van der Waals surface area contributed by atoms with Crippen molar-refractivity contribution in [2.24, 2.45) is 0 Å². The normalized spacial score (nSPS) is 9.86. The average Bonchev–Trinajstić information content (AvgIpc) is 2.01. The van der Waals surface area contributed by atoms with Crippen molar-refractivity contribution < 1.29 is 4.79 Å². The number of benzene rings is 1. The van der Waals surface area contributed by atoms with E-state index in [0.29, 0.717) is 12.8 Å². The van der Waals surface area contributed by atoms with E-state index in [9.17, 15) is 4.79 Å². The fraction of sp³-hybridized carbons (Fsp3) is 0.308. The predicted molar refractivity (Wildman–Crippen MR) is 59.4 cm³/mol. The third kappa shape index (κ3) is 3.17. The lowest BCUT2D eigenvalue weighted by Gasteiger charge is -2.03. The monoisotopic (exact) mass is 188 g/mol. The van der Waals surface area contributed by atoms with Crippen LogP contribution in [0.15, 0.2) is 30.9 Å². The van der Waals surface area contributed by atoms with E-state index in [2.05, 4.69) is 38.6 Å². The summed E-state index contributed by atoms with van der Waals surface area (Å²) in [5.41, 5.74) is 3.53. The van der Waals surface area contributed by atoms with Gasteiger partial charge in [0.2, 0.25) is 0 Å². The van der Waals surface area contributed by atoms with Crippen molar-refractivity contribution in [2.45, 2.75) is 26.7 Å². The molecule has 0 saturated carbocycles. The van der Waals surface area contributed by atoms with Crippen LogP contribution in [-0.2, 0) is 11.2 Å². The van der Waals surface area contributed by atoms with E-state index in [4.69, 9.17) is 0 Å². The first-order chi connectivity index (χ1) is 6.61. The number of ketones is 1. The Hall–Kier alpha value is -1.37. The minimum atomic E-state index is 0.227. The van der Waals surface area contributed by atoms with Gasteiger partial charge in [-0.05, 0) is 19.4 Å². The van der Waals surface area contributed by atoms with Gasteiger partial charge in [-0.1, -0.05) is 35.4 Å². The van der Waals surface area contributed by atoms with Gasteiger partial charge < -0.3 is 0 Å². The molecule has 0 radical (unpaired) electrons. The molecule has 0 bridgehead atoms. The topological polar surface area (TPSA) is 17.1 Å². The largest absolute Gasteiger partial charge is 0.299 e. The lowest BCUT2D eigenvalue weighted by Crippen LogP contribution is -2.01. The summed E-state index contributed by atoms with van der Waals surface area (Å²) in [5, 5.41) is 0. The smallest absolute Gasteiger partial charge is 0.140 e. The molecule has 0 aliphatic heterocycles. The molecular formula is C13H16O. The van der Waals surface area contributed by atoms with Gasteiger partial charge in [0.1, 0.15) is 5.78 Å². The SMILES string of the molecule is C=CCC(=O)Cc1cc(C)cc(C)c1. The van der Waals surface area contributed by atoms with Crippen LogP contribution in [0.3, 0.4) is 0 Å². The van der Waals surface area contributed by atoms with Gasteiger partial charge in [-0.2, -0.15) is 0 Å². The van der Waals surface area contributed by atoms with Crippen molar-refractivity contribution >= 4 is 5.78 Å². The molecule has 1 heteroatoms. The number of rotatable bonds is 4. The molecule has 0 fully saturated rings. The zero-order valence-corrected chi connectivity index (χ0v) is 8.84. The molecule has 0 aromatic heterocycles. The Balaban J connectivity index is 2.76. The van der Waals surface area contributed by atoms with E-state index in [1.807, 2.05) is 0 Å². The molecule has 1 aromatic rings. The molecule has 0 aliphatic carbocycles. The molecule has 0 amide bonds. The van der Waals surface area contributed by atoms with E-state index in [-0.39, 0.29) is 5.78 Å². The Morgan fingerprint density at radius 1 is 1.29 bits per heavy atom. The van der Waals surface area contributed by atoms with Crippen LogP contribution in [0.4, 0.5) is 0 Å². The number of aryl methyl sites for hydroxylation is 2. The predicted octanol–water partition coefficient (Wildman–Crippen LogP) is 2.99. The summed E-state index contributed by atoms with van der Waals surface area (Å²) < 4.78 is 0. The zero-order valence-electron chi connectivity index (χ0n) is 8.84. The number of Topliss-reactive ketones (excluding diaryl/α,β-unsaturated/α-hetero) is 1. The number of carbonyl (C=O) groups excluding carboxylic acids is 1. The first-order valence-electron chi connectivity index (χ1n) is 4.81. The minimum Gasteiger partial charge on any atom is -0.299 e. The molecule has 14 heavy (non-hydrogen) atoms. The molecule has 0 unspecified atom stereocenters. The first kappa shape index (κ1) is 10.7. The summed E-state index contributed by atoms with van der Waals surface area (Å²) >= 11 is 0. The third-order valence-electron chi connectivity index (χ3n) is 2.05. The Labute approximate surface area is 85.5 Å². The summed E-state index contributed by atoms with van der Waals surface area (Å²) in [5.74, 6) is 0.227. The minimum absolute atomic E-state index is 0.227. The molecule has 0 atom stereocenters. The van der Waals surface area contributed by atoms with Crippen LogP contribution in [0.1, 0.15) is 23.1 Å². The van der Waals surface area contributed by atoms with Crippen molar-refractivity contribution in [3.63, 3.8) is 0 Å². The highest BCUT2D eigenvalue weighted by molar-refractivity contribution is 5.82. The summed E-state index contributed by atoms with van der Waals surface area (Å²) in [7, 11) is 0. The molecule has 74 valence electrons. The number of carbonyl (C=O) groups is 1. The summed E-state index contributed by atoms with van der Waals surface area (Å²) in [6, 6.07) is 6.24. The van der Waals surface area contributed by atoms with Crippen LogP contribution in [0.5, 0.6) is 0 Å². The van der Waals surface area contributed by atoms with Crippen molar-refractivity contribution in [3.05, 3.63) is 47.5 Å². The summed E-state index contributed by atoms with van der Waals surface area (Å²) in [4.78, 5) is 11.4. The van der Waals surface area contributed by atoms with Crippen molar-refractivity contribution in [2.75, 3.05) is 0 Å². The highest BCUT2D eigenvalue weighted by Gasteiger charge is 2.02. The zero-order chi connectivity index (χ0) is 10.6. The maximum absolute atomic E-state index is 11.4. The van der Waals surface area contributed by atoms with E-state index in [1.165, 1.54) is 11.1 Å². The van der Waals surface area contributed by atoms with Gasteiger partial charge in [0.05, 0.1) is 0 Å². The fourth-order valence-electron chi connectivity index (χ4n) is 1.63. The maximum atomic E-state index is 11.4. The van der Waals surface area contributed by atoms with Crippen molar-refractivity contribution in [3.8, 4) is 0 Å². The average molecular weight is 188 g/mol. The van der Waals surface area contributed by atoms with Crippen molar-refractivity contribution in [1.82, 2.24) is 0 Å². The fourth-order valence-corrected chi connectivity index (χ4v) is 1.63. The van der Waals surface area contributed by atoms with E-state index in [1.54, 1.807) is 6.08 Å². The molecule has 0 aliphatic rings. The molecule has 0 saturated heterocycles. The third-order valence-corrected chi connectivity index (χ3v) is 2.05. The second kappa shape index (κ2) is 4.75. The Kier molecular flexibility index (Phi) is 3.63. The lowest BCUT2D eigenvalue weighted by atomic mass is 10.0. The van der Waals surface area contributed by atoms with Gasteiger partial charge >= 0.3 is 0 Å². The highest BCUT2D eigenvalue weighted by atomic mass is 16.1. The van der Waals surface area contributed by atoms with Gasteiger partial charge in [-0.25, -0.2) is 0 Å². The summed E-state index contributed by atoms with van der Waals surface area (Å²) in [6.45, 7) is 7.66. The van der Waals surface area contributed by atoms with Crippen LogP contribution in [0.25, 0.3) is 0 Å². The van der Waals surface area contributed by atoms with Gasteiger partial charge in [-0.3, -0.25) is 4.79 Å². The molecule has 1 rings (SSSR count).